The highest BCUT2D eigenvalue weighted by atomic mass is 16.5. The standard InChI is InChI=1S/C23H27N3O2/c1-23(2,3)14-22(27)26-18-10-8-17(9-11-18)12-13-28-21-7-5-4-6-19(21)20-15-24-16-25-20/h4-11,15-16H,12-14H2,1-3H3,(H,24,25)(H,26,27). The Hall–Kier alpha value is -3.08. The van der Waals surface area contributed by atoms with Crippen molar-refractivity contribution < 1.29 is 9.53 Å². The van der Waals surface area contributed by atoms with Gasteiger partial charge in [-0.25, -0.2) is 4.98 Å². The zero-order valence-corrected chi connectivity index (χ0v) is 16.7. The maximum atomic E-state index is 12.0. The molecule has 3 aromatic rings. The van der Waals surface area contributed by atoms with Crippen LogP contribution in [0.3, 0.4) is 0 Å². The third-order valence-corrected chi connectivity index (χ3v) is 4.25. The SMILES string of the molecule is CC(C)(C)CC(=O)Nc1ccc(CCOc2ccccc2-c2cnc[nH]2)cc1. The van der Waals surface area contributed by atoms with Crippen LogP contribution in [0, 0.1) is 5.41 Å². The molecule has 0 atom stereocenters. The molecule has 1 heterocycles. The van der Waals surface area contributed by atoms with E-state index in [1.165, 1.54) is 0 Å². The van der Waals surface area contributed by atoms with E-state index in [0.29, 0.717) is 13.0 Å². The fourth-order valence-electron chi connectivity index (χ4n) is 2.94. The van der Waals surface area contributed by atoms with Gasteiger partial charge in [-0.2, -0.15) is 0 Å². The lowest BCUT2D eigenvalue weighted by Gasteiger charge is -2.17. The first-order valence-corrected chi connectivity index (χ1v) is 9.50. The van der Waals surface area contributed by atoms with Crippen molar-refractivity contribution in [2.45, 2.75) is 33.6 Å². The first-order valence-electron chi connectivity index (χ1n) is 9.50. The second-order valence-electron chi connectivity index (χ2n) is 8.04. The summed E-state index contributed by atoms with van der Waals surface area (Å²) >= 11 is 0. The number of anilines is 1. The number of carbonyl (C=O) groups excluding carboxylic acids is 1. The number of amides is 1. The fourth-order valence-corrected chi connectivity index (χ4v) is 2.94. The number of para-hydroxylation sites is 1. The van der Waals surface area contributed by atoms with Crippen LogP contribution in [0.4, 0.5) is 5.69 Å². The predicted octanol–water partition coefficient (Wildman–Crippen LogP) is 5.07. The lowest BCUT2D eigenvalue weighted by molar-refractivity contribution is -0.117. The molecule has 0 aliphatic carbocycles. The van der Waals surface area contributed by atoms with Crippen LogP contribution >= 0.6 is 0 Å². The quantitative estimate of drug-likeness (QED) is 0.604. The van der Waals surface area contributed by atoms with Crippen molar-refractivity contribution in [3.63, 3.8) is 0 Å². The average molecular weight is 377 g/mol. The number of nitrogens with one attached hydrogen (secondary N) is 2. The largest absolute Gasteiger partial charge is 0.493 e. The molecule has 3 rings (SSSR count). The highest BCUT2D eigenvalue weighted by Gasteiger charge is 2.15. The van der Waals surface area contributed by atoms with Gasteiger partial charge in [0.05, 0.1) is 24.8 Å². The molecule has 0 saturated heterocycles. The van der Waals surface area contributed by atoms with Crippen LogP contribution in [0.1, 0.15) is 32.8 Å². The summed E-state index contributed by atoms with van der Waals surface area (Å²) in [6, 6.07) is 15.8. The zero-order chi connectivity index (χ0) is 20.0. The molecule has 0 bridgehead atoms. The molecule has 0 aliphatic rings. The van der Waals surface area contributed by atoms with Crippen LogP contribution in [-0.2, 0) is 11.2 Å². The molecule has 5 heteroatoms. The van der Waals surface area contributed by atoms with Crippen molar-refractivity contribution in [3.8, 4) is 17.0 Å². The Kier molecular flexibility index (Phi) is 6.14. The molecule has 1 amide bonds. The van der Waals surface area contributed by atoms with Gasteiger partial charge in [-0.15, -0.1) is 0 Å². The molecular formula is C23H27N3O2. The predicted molar refractivity (Wildman–Crippen MR) is 112 cm³/mol. The Bertz CT molecular complexity index is 894. The minimum atomic E-state index is -0.0200. The third kappa shape index (κ3) is 5.71. The van der Waals surface area contributed by atoms with E-state index in [2.05, 4.69) is 36.1 Å². The van der Waals surface area contributed by atoms with Gasteiger partial charge < -0.3 is 15.0 Å². The number of hydrogen-bond acceptors (Lipinski definition) is 3. The lowest BCUT2D eigenvalue weighted by atomic mass is 9.92. The molecule has 0 unspecified atom stereocenters. The van der Waals surface area contributed by atoms with E-state index in [4.69, 9.17) is 4.74 Å². The Morgan fingerprint density at radius 3 is 2.54 bits per heavy atom. The monoisotopic (exact) mass is 377 g/mol. The zero-order valence-electron chi connectivity index (χ0n) is 16.7. The van der Waals surface area contributed by atoms with Gasteiger partial charge in [-0.1, -0.05) is 45.0 Å². The Morgan fingerprint density at radius 1 is 1.11 bits per heavy atom. The van der Waals surface area contributed by atoms with Crippen molar-refractivity contribution in [2.24, 2.45) is 5.41 Å². The van der Waals surface area contributed by atoms with E-state index >= 15 is 0 Å². The van der Waals surface area contributed by atoms with E-state index in [-0.39, 0.29) is 11.3 Å². The van der Waals surface area contributed by atoms with E-state index in [0.717, 1.165) is 34.7 Å². The van der Waals surface area contributed by atoms with Gasteiger partial charge in [0.1, 0.15) is 5.75 Å². The first-order chi connectivity index (χ1) is 13.4. The number of benzene rings is 2. The van der Waals surface area contributed by atoms with Crippen molar-refractivity contribution in [1.82, 2.24) is 9.97 Å². The molecular weight excluding hydrogens is 350 g/mol. The molecule has 146 valence electrons. The molecule has 0 spiro atoms. The molecule has 1 aromatic heterocycles. The van der Waals surface area contributed by atoms with E-state index < -0.39 is 0 Å². The molecule has 0 fully saturated rings. The summed E-state index contributed by atoms with van der Waals surface area (Å²) in [4.78, 5) is 19.2. The molecule has 0 saturated carbocycles. The number of nitrogens with zero attached hydrogens (tertiary/aromatic N) is 1. The number of rotatable bonds is 7. The molecule has 28 heavy (non-hydrogen) atoms. The maximum Gasteiger partial charge on any atom is 0.224 e. The summed E-state index contributed by atoms with van der Waals surface area (Å²) in [5, 5.41) is 2.95. The van der Waals surface area contributed by atoms with Gasteiger partial charge >= 0.3 is 0 Å². The topological polar surface area (TPSA) is 67.0 Å². The van der Waals surface area contributed by atoms with Crippen molar-refractivity contribution in [3.05, 3.63) is 66.6 Å². The van der Waals surface area contributed by atoms with Gasteiger partial charge in [0, 0.05) is 24.1 Å². The molecule has 0 aliphatic heterocycles. The fraction of sp³-hybridized carbons (Fsp3) is 0.304. The second-order valence-corrected chi connectivity index (χ2v) is 8.04. The summed E-state index contributed by atoms with van der Waals surface area (Å²) in [6.45, 7) is 6.74. The van der Waals surface area contributed by atoms with Crippen LogP contribution in [-0.4, -0.2) is 22.5 Å². The van der Waals surface area contributed by atoms with E-state index in [1.54, 1.807) is 12.5 Å². The van der Waals surface area contributed by atoms with Gasteiger partial charge in [0.15, 0.2) is 0 Å². The number of aromatic amines is 1. The number of aromatic nitrogens is 2. The van der Waals surface area contributed by atoms with Crippen molar-refractivity contribution in [1.29, 1.82) is 0 Å². The average Bonchev–Trinajstić information content (AvgIpc) is 3.16. The van der Waals surface area contributed by atoms with Gasteiger partial charge in [0.25, 0.3) is 0 Å². The summed E-state index contributed by atoms with van der Waals surface area (Å²) in [7, 11) is 0. The molecule has 0 radical (unpaired) electrons. The second kappa shape index (κ2) is 8.74. The molecule has 2 aromatic carbocycles. The summed E-state index contributed by atoms with van der Waals surface area (Å²) < 4.78 is 6.00. The maximum absolute atomic E-state index is 12.0. The smallest absolute Gasteiger partial charge is 0.224 e. The molecule has 5 nitrogen and oxygen atoms in total. The molecule has 2 N–H and O–H groups in total. The Balaban J connectivity index is 1.53. The van der Waals surface area contributed by atoms with Crippen molar-refractivity contribution in [2.75, 3.05) is 11.9 Å². The Labute approximate surface area is 166 Å². The first kappa shape index (κ1) is 19.7. The van der Waals surface area contributed by atoms with E-state index in [9.17, 15) is 4.79 Å². The minimum Gasteiger partial charge on any atom is -0.493 e. The summed E-state index contributed by atoms with van der Waals surface area (Å²) in [6.07, 6.45) is 4.73. The number of ether oxygens (including phenoxy) is 1. The summed E-state index contributed by atoms with van der Waals surface area (Å²) in [5.41, 5.74) is 3.90. The number of H-pyrrole nitrogens is 1. The van der Waals surface area contributed by atoms with Gasteiger partial charge in [-0.3, -0.25) is 4.79 Å². The minimum absolute atomic E-state index is 0.0200. The number of carbonyl (C=O) groups is 1. The van der Waals surface area contributed by atoms with E-state index in [1.807, 2.05) is 48.5 Å². The van der Waals surface area contributed by atoms with Gasteiger partial charge in [-0.05, 0) is 35.2 Å². The van der Waals surface area contributed by atoms with Crippen LogP contribution in [0.25, 0.3) is 11.3 Å². The highest BCUT2D eigenvalue weighted by Crippen LogP contribution is 2.28. The number of imidazole rings is 1. The van der Waals surface area contributed by atoms with Crippen LogP contribution in [0.15, 0.2) is 61.1 Å². The van der Waals surface area contributed by atoms with Crippen LogP contribution < -0.4 is 10.1 Å². The Morgan fingerprint density at radius 2 is 1.86 bits per heavy atom. The van der Waals surface area contributed by atoms with Crippen LogP contribution in [0.5, 0.6) is 5.75 Å². The number of hydrogen-bond donors (Lipinski definition) is 2. The highest BCUT2D eigenvalue weighted by molar-refractivity contribution is 5.91. The summed E-state index contributed by atoms with van der Waals surface area (Å²) in [5.74, 6) is 0.872. The van der Waals surface area contributed by atoms with Crippen molar-refractivity contribution >= 4 is 11.6 Å². The van der Waals surface area contributed by atoms with Gasteiger partial charge in [0.2, 0.25) is 5.91 Å². The third-order valence-electron chi connectivity index (χ3n) is 4.25. The van der Waals surface area contributed by atoms with Crippen LogP contribution in [0.2, 0.25) is 0 Å². The normalized spacial score (nSPS) is 11.2. The lowest BCUT2D eigenvalue weighted by Crippen LogP contribution is -2.19.